The molecular weight excluding hydrogens is 230 g/mol. The van der Waals surface area contributed by atoms with Crippen molar-refractivity contribution in [3.63, 3.8) is 0 Å². The number of aryl methyl sites for hydroxylation is 1. The molecule has 0 saturated carbocycles. The van der Waals surface area contributed by atoms with Crippen molar-refractivity contribution in [3.05, 3.63) is 11.8 Å². The molecule has 2 rings (SSSR count). The molecule has 100 valence electrons. The van der Waals surface area contributed by atoms with Gasteiger partial charge in [0.15, 0.2) is 0 Å². The number of piperidine rings is 1. The number of rotatable bonds is 3. The first-order valence-corrected chi connectivity index (χ1v) is 6.32. The molecule has 1 saturated heterocycles. The van der Waals surface area contributed by atoms with Crippen LogP contribution in [0, 0.1) is 5.92 Å². The monoisotopic (exact) mass is 251 g/mol. The van der Waals surface area contributed by atoms with Crippen LogP contribution in [-0.2, 0) is 7.05 Å². The Kier molecular flexibility index (Phi) is 3.86. The second kappa shape index (κ2) is 5.39. The molecule has 6 nitrogen and oxygen atoms in total. The molecule has 1 aliphatic heterocycles. The Bertz CT molecular complexity index is 420. The summed E-state index contributed by atoms with van der Waals surface area (Å²) in [6, 6.07) is 0. The Morgan fingerprint density at radius 1 is 1.50 bits per heavy atom. The van der Waals surface area contributed by atoms with Crippen molar-refractivity contribution in [3.8, 4) is 0 Å². The largest absolute Gasteiger partial charge is 0.383 e. The first-order valence-electron chi connectivity index (χ1n) is 6.32. The maximum absolute atomic E-state index is 11.9. The van der Waals surface area contributed by atoms with E-state index in [9.17, 15) is 4.79 Å². The van der Waals surface area contributed by atoms with E-state index in [4.69, 9.17) is 5.73 Å². The second-order valence-corrected chi connectivity index (χ2v) is 5.02. The lowest BCUT2D eigenvalue weighted by Crippen LogP contribution is -2.37. The number of nitrogen functional groups attached to an aromatic ring is 1. The standard InChI is InChI=1S/C12H21N5O/c1-16-5-3-9(4-6-16)7-14-12(18)10-8-15-17(2)11(10)13/h8-9H,3-7,13H2,1-2H3,(H,14,18). The lowest BCUT2D eigenvalue weighted by Gasteiger charge is -2.28. The SMILES string of the molecule is CN1CCC(CNC(=O)c2cnn(C)c2N)CC1. The zero-order chi connectivity index (χ0) is 13.1. The molecule has 0 bridgehead atoms. The van der Waals surface area contributed by atoms with E-state index in [0.717, 1.165) is 32.5 Å². The number of carbonyl (C=O) groups excluding carboxylic acids is 1. The topological polar surface area (TPSA) is 76.2 Å². The van der Waals surface area contributed by atoms with E-state index in [1.807, 2.05) is 0 Å². The molecule has 0 atom stereocenters. The molecule has 1 amide bonds. The van der Waals surface area contributed by atoms with Gasteiger partial charge in [-0.2, -0.15) is 5.10 Å². The van der Waals surface area contributed by atoms with Crippen molar-refractivity contribution < 1.29 is 4.79 Å². The van der Waals surface area contributed by atoms with Crippen molar-refractivity contribution in [2.75, 3.05) is 32.4 Å². The van der Waals surface area contributed by atoms with Gasteiger partial charge in [-0.05, 0) is 38.9 Å². The number of nitrogens with two attached hydrogens (primary N) is 1. The summed E-state index contributed by atoms with van der Waals surface area (Å²) < 4.78 is 1.50. The van der Waals surface area contributed by atoms with E-state index >= 15 is 0 Å². The van der Waals surface area contributed by atoms with Crippen LogP contribution in [0.5, 0.6) is 0 Å². The minimum absolute atomic E-state index is 0.125. The van der Waals surface area contributed by atoms with Crippen molar-refractivity contribution in [2.45, 2.75) is 12.8 Å². The summed E-state index contributed by atoms with van der Waals surface area (Å²) in [6.45, 7) is 2.94. The number of nitrogens with zero attached hydrogens (tertiary/aromatic N) is 3. The molecule has 3 N–H and O–H groups in total. The quantitative estimate of drug-likeness (QED) is 0.797. The van der Waals surface area contributed by atoms with Crippen LogP contribution in [0.25, 0.3) is 0 Å². The predicted molar refractivity (Wildman–Crippen MR) is 70.2 cm³/mol. The van der Waals surface area contributed by atoms with Crippen LogP contribution in [0.15, 0.2) is 6.20 Å². The first-order chi connectivity index (χ1) is 8.58. The van der Waals surface area contributed by atoms with Crippen LogP contribution in [0.1, 0.15) is 23.2 Å². The summed E-state index contributed by atoms with van der Waals surface area (Å²) in [5.41, 5.74) is 6.23. The van der Waals surface area contributed by atoms with E-state index in [1.165, 1.54) is 10.9 Å². The van der Waals surface area contributed by atoms with Crippen LogP contribution in [0.4, 0.5) is 5.82 Å². The Balaban J connectivity index is 1.83. The normalized spacial score (nSPS) is 17.9. The van der Waals surface area contributed by atoms with Gasteiger partial charge in [0.25, 0.3) is 5.91 Å². The molecule has 1 aliphatic rings. The zero-order valence-electron chi connectivity index (χ0n) is 11.0. The molecular formula is C12H21N5O. The Morgan fingerprint density at radius 3 is 2.72 bits per heavy atom. The summed E-state index contributed by atoms with van der Waals surface area (Å²) >= 11 is 0. The lowest BCUT2D eigenvalue weighted by molar-refractivity contribution is 0.0940. The van der Waals surface area contributed by atoms with Gasteiger partial charge < -0.3 is 16.0 Å². The number of amides is 1. The highest BCUT2D eigenvalue weighted by Crippen LogP contribution is 2.15. The third-order valence-electron chi connectivity index (χ3n) is 3.62. The highest BCUT2D eigenvalue weighted by molar-refractivity contribution is 5.98. The van der Waals surface area contributed by atoms with Crippen molar-refractivity contribution in [1.82, 2.24) is 20.0 Å². The molecule has 6 heteroatoms. The molecule has 0 aliphatic carbocycles. The molecule has 0 unspecified atom stereocenters. The maximum atomic E-state index is 11.9. The van der Waals surface area contributed by atoms with Gasteiger partial charge in [0.2, 0.25) is 0 Å². The third kappa shape index (κ3) is 2.81. The molecule has 0 aromatic carbocycles. The minimum atomic E-state index is -0.125. The fraction of sp³-hybridized carbons (Fsp3) is 0.667. The number of hydrogen-bond donors (Lipinski definition) is 2. The van der Waals surface area contributed by atoms with Gasteiger partial charge in [-0.25, -0.2) is 0 Å². The highest BCUT2D eigenvalue weighted by Gasteiger charge is 2.19. The Morgan fingerprint density at radius 2 is 2.17 bits per heavy atom. The molecule has 0 radical (unpaired) electrons. The molecule has 0 spiro atoms. The summed E-state index contributed by atoms with van der Waals surface area (Å²) in [6.07, 6.45) is 3.79. The molecule has 18 heavy (non-hydrogen) atoms. The second-order valence-electron chi connectivity index (χ2n) is 5.02. The molecule has 1 aromatic heterocycles. The third-order valence-corrected chi connectivity index (χ3v) is 3.62. The number of anilines is 1. The van der Waals surface area contributed by atoms with Crippen molar-refractivity contribution >= 4 is 11.7 Å². The Labute approximate surface area is 107 Å². The number of aromatic nitrogens is 2. The highest BCUT2D eigenvalue weighted by atomic mass is 16.1. The number of nitrogens with one attached hydrogen (secondary N) is 1. The van der Waals surface area contributed by atoms with E-state index in [2.05, 4.69) is 22.4 Å². The van der Waals surface area contributed by atoms with Crippen molar-refractivity contribution in [2.24, 2.45) is 13.0 Å². The molecule has 1 fully saturated rings. The zero-order valence-corrected chi connectivity index (χ0v) is 11.0. The fourth-order valence-corrected chi connectivity index (χ4v) is 2.22. The van der Waals surface area contributed by atoms with Gasteiger partial charge in [0.05, 0.1) is 6.20 Å². The average Bonchev–Trinajstić information content (AvgIpc) is 2.69. The summed E-state index contributed by atoms with van der Waals surface area (Å²) in [5.74, 6) is 0.860. The fourth-order valence-electron chi connectivity index (χ4n) is 2.22. The summed E-state index contributed by atoms with van der Waals surface area (Å²) in [4.78, 5) is 14.2. The van der Waals surface area contributed by atoms with Crippen LogP contribution in [-0.4, -0.2) is 47.3 Å². The van der Waals surface area contributed by atoms with Crippen LogP contribution in [0.3, 0.4) is 0 Å². The number of hydrogen-bond acceptors (Lipinski definition) is 4. The van der Waals surface area contributed by atoms with Gasteiger partial charge >= 0.3 is 0 Å². The van der Waals surface area contributed by atoms with E-state index in [1.54, 1.807) is 7.05 Å². The molecule has 2 heterocycles. The van der Waals surface area contributed by atoms with E-state index in [-0.39, 0.29) is 5.91 Å². The average molecular weight is 251 g/mol. The lowest BCUT2D eigenvalue weighted by atomic mass is 9.97. The van der Waals surface area contributed by atoms with Gasteiger partial charge in [0, 0.05) is 13.6 Å². The maximum Gasteiger partial charge on any atom is 0.256 e. The number of carbonyl (C=O) groups is 1. The minimum Gasteiger partial charge on any atom is -0.383 e. The van der Waals surface area contributed by atoms with E-state index < -0.39 is 0 Å². The van der Waals surface area contributed by atoms with E-state index in [0.29, 0.717) is 17.3 Å². The summed E-state index contributed by atoms with van der Waals surface area (Å²) in [7, 11) is 3.86. The van der Waals surface area contributed by atoms with Gasteiger partial charge in [0.1, 0.15) is 11.4 Å². The smallest absolute Gasteiger partial charge is 0.256 e. The van der Waals surface area contributed by atoms with Crippen LogP contribution < -0.4 is 11.1 Å². The molecule has 1 aromatic rings. The van der Waals surface area contributed by atoms with Gasteiger partial charge in [-0.1, -0.05) is 0 Å². The predicted octanol–water partition coefficient (Wildman–Crippen LogP) is 0.0739. The van der Waals surface area contributed by atoms with Gasteiger partial charge in [-0.15, -0.1) is 0 Å². The summed E-state index contributed by atoms with van der Waals surface area (Å²) in [5, 5.41) is 6.91. The van der Waals surface area contributed by atoms with Crippen LogP contribution >= 0.6 is 0 Å². The number of likely N-dealkylation sites (tertiary alicyclic amines) is 1. The van der Waals surface area contributed by atoms with Crippen molar-refractivity contribution in [1.29, 1.82) is 0 Å². The first kappa shape index (κ1) is 12.9. The van der Waals surface area contributed by atoms with Crippen LogP contribution in [0.2, 0.25) is 0 Å². The Hall–Kier alpha value is -1.56. The van der Waals surface area contributed by atoms with Gasteiger partial charge in [-0.3, -0.25) is 9.48 Å².